The molecule has 80 valence electrons. The fourth-order valence-corrected chi connectivity index (χ4v) is 1.77. The normalized spacial score (nSPS) is 13.3. The molecule has 2 N–H and O–H groups in total. The van der Waals surface area contributed by atoms with E-state index in [2.05, 4.69) is 0 Å². The van der Waals surface area contributed by atoms with Crippen molar-refractivity contribution >= 4 is 10.8 Å². The Hall–Kier alpha value is -1.32. The molecule has 1 atom stereocenters. The van der Waals surface area contributed by atoms with Crippen molar-refractivity contribution in [2.75, 3.05) is 6.61 Å². The smallest absolute Gasteiger partial charge is 0.0984 e. The third-order valence-electron chi connectivity index (χ3n) is 2.71. The van der Waals surface area contributed by atoms with Gasteiger partial charge in [-0.05, 0) is 18.1 Å². The van der Waals surface area contributed by atoms with Gasteiger partial charge in [0.25, 0.3) is 0 Å². The van der Waals surface area contributed by atoms with E-state index in [9.17, 15) is 5.11 Å². The SMILES string of the molecule is Cc1c(CC(O)CO)ccc2cocc12. The highest BCUT2D eigenvalue weighted by Crippen LogP contribution is 2.23. The van der Waals surface area contributed by atoms with Crippen LogP contribution in [0.15, 0.2) is 29.1 Å². The predicted molar refractivity (Wildman–Crippen MR) is 57.7 cm³/mol. The summed E-state index contributed by atoms with van der Waals surface area (Å²) >= 11 is 0. The van der Waals surface area contributed by atoms with Crippen molar-refractivity contribution in [2.24, 2.45) is 0 Å². The number of furan rings is 1. The van der Waals surface area contributed by atoms with E-state index in [4.69, 9.17) is 9.52 Å². The van der Waals surface area contributed by atoms with Crippen LogP contribution in [0.2, 0.25) is 0 Å². The Morgan fingerprint density at radius 3 is 2.87 bits per heavy atom. The van der Waals surface area contributed by atoms with Gasteiger partial charge in [-0.2, -0.15) is 0 Å². The molecular weight excluding hydrogens is 192 g/mol. The number of benzene rings is 1. The maximum absolute atomic E-state index is 9.39. The molecule has 0 saturated heterocycles. The fourth-order valence-electron chi connectivity index (χ4n) is 1.77. The highest BCUT2D eigenvalue weighted by atomic mass is 16.3. The lowest BCUT2D eigenvalue weighted by atomic mass is 9.99. The van der Waals surface area contributed by atoms with Crippen molar-refractivity contribution in [2.45, 2.75) is 19.4 Å². The minimum atomic E-state index is -0.687. The number of hydrogen-bond acceptors (Lipinski definition) is 3. The summed E-state index contributed by atoms with van der Waals surface area (Å²) < 4.78 is 5.12. The molecule has 3 nitrogen and oxygen atoms in total. The molecule has 0 radical (unpaired) electrons. The molecule has 0 saturated carbocycles. The first kappa shape index (κ1) is 10.2. The van der Waals surface area contributed by atoms with Crippen LogP contribution in [0.5, 0.6) is 0 Å². The third kappa shape index (κ3) is 1.89. The molecule has 0 bridgehead atoms. The van der Waals surface area contributed by atoms with Gasteiger partial charge in [0.15, 0.2) is 0 Å². The molecule has 1 aromatic carbocycles. The van der Waals surface area contributed by atoms with Crippen molar-refractivity contribution in [3.63, 3.8) is 0 Å². The maximum Gasteiger partial charge on any atom is 0.0984 e. The second-order valence-corrected chi connectivity index (χ2v) is 3.76. The van der Waals surface area contributed by atoms with E-state index >= 15 is 0 Å². The number of aliphatic hydroxyl groups is 2. The van der Waals surface area contributed by atoms with Crippen molar-refractivity contribution in [1.29, 1.82) is 0 Å². The molecule has 1 aromatic heterocycles. The Balaban J connectivity index is 2.39. The molecule has 0 spiro atoms. The Morgan fingerprint density at radius 1 is 1.33 bits per heavy atom. The molecule has 0 aliphatic heterocycles. The minimum absolute atomic E-state index is 0.205. The average molecular weight is 206 g/mol. The standard InChI is InChI=1S/C12H14O3/c1-8-9(4-11(14)5-13)2-3-10-6-15-7-12(8)10/h2-3,6-7,11,13-14H,4-5H2,1H3. The number of aliphatic hydroxyl groups excluding tert-OH is 2. The summed E-state index contributed by atoms with van der Waals surface area (Å²) in [4.78, 5) is 0. The largest absolute Gasteiger partial charge is 0.471 e. The zero-order valence-electron chi connectivity index (χ0n) is 8.60. The highest BCUT2D eigenvalue weighted by Gasteiger charge is 2.09. The maximum atomic E-state index is 9.39. The van der Waals surface area contributed by atoms with E-state index in [1.165, 1.54) is 0 Å². The van der Waals surface area contributed by atoms with Crippen LogP contribution < -0.4 is 0 Å². The molecule has 0 aliphatic carbocycles. The molecule has 2 rings (SSSR count). The first-order chi connectivity index (χ1) is 7.22. The van der Waals surface area contributed by atoms with Gasteiger partial charge in [0.2, 0.25) is 0 Å². The quantitative estimate of drug-likeness (QED) is 0.802. The highest BCUT2D eigenvalue weighted by molar-refractivity contribution is 5.85. The Kier molecular flexibility index (Phi) is 2.75. The summed E-state index contributed by atoms with van der Waals surface area (Å²) in [5.41, 5.74) is 2.15. The van der Waals surface area contributed by atoms with Crippen LogP contribution in [-0.4, -0.2) is 22.9 Å². The molecular formula is C12H14O3. The van der Waals surface area contributed by atoms with Crippen LogP contribution in [0.25, 0.3) is 10.8 Å². The van der Waals surface area contributed by atoms with E-state index in [0.717, 1.165) is 21.9 Å². The number of fused-ring (bicyclic) bond motifs is 1. The molecule has 1 heterocycles. The lowest BCUT2D eigenvalue weighted by molar-refractivity contribution is 0.0954. The summed E-state index contributed by atoms with van der Waals surface area (Å²) in [6.07, 6.45) is 3.20. The van der Waals surface area contributed by atoms with Crippen LogP contribution in [0, 0.1) is 6.92 Å². The summed E-state index contributed by atoms with van der Waals surface area (Å²) in [7, 11) is 0. The Labute approximate surface area is 88.0 Å². The summed E-state index contributed by atoms with van der Waals surface area (Å²) in [6, 6.07) is 3.93. The minimum Gasteiger partial charge on any atom is -0.471 e. The van der Waals surface area contributed by atoms with Crippen LogP contribution in [0.4, 0.5) is 0 Å². The van der Waals surface area contributed by atoms with Crippen LogP contribution in [0.3, 0.4) is 0 Å². The van der Waals surface area contributed by atoms with E-state index in [1.54, 1.807) is 12.5 Å². The molecule has 3 heteroatoms. The van der Waals surface area contributed by atoms with E-state index in [0.29, 0.717) is 6.42 Å². The number of aryl methyl sites for hydroxylation is 1. The third-order valence-corrected chi connectivity index (χ3v) is 2.71. The average Bonchev–Trinajstić information content (AvgIpc) is 2.70. The van der Waals surface area contributed by atoms with Crippen molar-refractivity contribution in [3.8, 4) is 0 Å². The monoisotopic (exact) mass is 206 g/mol. The fraction of sp³-hybridized carbons (Fsp3) is 0.333. The first-order valence-corrected chi connectivity index (χ1v) is 4.95. The Morgan fingerprint density at radius 2 is 2.13 bits per heavy atom. The second kappa shape index (κ2) is 4.04. The van der Waals surface area contributed by atoms with E-state index in [-0.39, 0.29) is 6.61 Å². The molecule has 15 heavy (non-hydrogen) atoms. The lowest BCUT2D eigenvalue weighted by Gasteiger charge is -2.10. The topological polar surface area (TPSA) is 53.6 Å². The van der Waals surface area contributed by atoms with Crippen LogP contribution >= 0.6 is 0 Å². The van der Waals surface area contributed by atoms with Crippen molar-refractivity contribution < 1.29 is 14.6 Å². The van der Waals surface area contributed by atoms with Gasteiger partial charge >= 0.3 is 0 Å². The number of hydrogen-bond donors (Lipinski definition) is 2. The summed E-state index contributed by atoms with van der Waals surface area (Å²) in [5, 5.41) is 20.3. The zero-order valence-corrected chi connectivity index (χ0v) is 8.60. The second-order valence-electron chi connectivity index (χ2n) is 3.76. The van der Waals surface area contributed by atoms with Gasteiger partial charge in [0, 0.05) is 17.2 Å². The molecule has 0 fully saturated rings. The van der Waals surface area contributed by atoms with E-state index in [1.807, 2.05) is 19.1 Å². The van der Waals surface area contributed by atoms with Crippen molar-refractivity contribution in [3.05, 3.63) is 35.8 Å². The van der Waals surface area contributed by atoms with Gasteiger partial charge in [-0.25, -0.2) is 0 Å². The lowest BCUT2D eigenvalue weighted by Crippen LogP contribution is -2.15. The Bertz CT molecular complexity index is 459. The molecule has 0 amide bonds. The number of rotatable bonds is 3. The van der Waals surface area contributed by atoms with E-state index < -0.39 is 6.10 Å². The van der Waals surface area contributed by atoms with Gasteiger partial charge in [-0.3, -0.25) is 0 Å². The summed E-state index contributed by atoms with van der Waals surface area (Å²) in [6.45, 7) is 1.79. The van der Waals surface area contributed by atoms with Crippen molar-refractivity contribution in [1.82, 2.24) is 0 Å². The van der Waals surface area contributed by atoms with Gasteiger partial charge < -0.3 is 14.6 Å². The van der Waals surface area contributed by atoms with Gasteiger partial charge in [-0.15, -0.1) is 0 Å². The van der Waals surface area contributed by atoms with Gasteiger partial charge in [0.05, 0.1) is 25.2 Å². The summed E-state index contributed by atoms with van der Waals surface area (Å²) in [5.74, 6) is 0. The zero-order chi connectivity index (χ0) is 10.8. The van der Waals surface area contributed by atoms with Crippen LogP contribution in [-0.2, 0) is 6.42 Å². The van der Waals surface area contributed by atoms with Gasteiger partial charge in [-0.1, -0.05) is 12.1 Å². The first-order valence-electron chi connectivity index (χ1n) is 4.95. The molecule has 1 unspecified atom stereocenters. The van der Waals surface area contributed by atoms with Gasteiger partial charge in [0.1, 0.15) is 0 Å². The predicted octanol–water partition coefficient (Wildman–Crippen LogP) is 1.64. The van der Waals surface area contributed by atoms with Crippen LogP contribution in [0.1, 0.15) is 11.1 Å². The molecule has 0 aliphatic rings. The molecule has 2 aromatic rings.